The number of ether oxygens (including phenoxy) is 2. The van der Waals surface area contributed by atoms with Gasteiger partial charge < -0.3 is 19.3 Å². The fourth-order valence-corrected chi connectivity index (χ4v) is 3.23. The second-order valence-electron chi connectivity index (χ2n) is 6.32. The van der Waals surface area contributed by atoms with E-state index >= 15 is 0 Å². The van der Waals surface area contributed by atoms with E-state index in [0.29, 0.717) is 23.6 Å². The number of benzene rings is 2. The highest BCUT2D eigenvalue weighted by Crippen LogP contribution is 2.45. The first-order chi connectivity index (χ1) is 12.1. The van der Waals surface area contributed by atoms with E-state index in [-0.39, 0.29) is 12.7 Å². The molecule has 128 valence electrons. The number of rotatable bonds is 3. The molecule has 2 heterocycles. The maximum Gasteiger partial charge on any atom is 0.258 e. The van der Waals surface area contributed by atoms with Crippen molar-refractivity contribution in [1.82, 2.24) is 0 Å². The molecule has 4 rings (SSSR count). The SMILES string of the molecule is CCN1C(=O)/C(=C\c2ccc(N(C)C)cc2)c2cc3c(cc21)OCO3. The van der Waals surface area contributed by atoms with Gasteiger partial charge in [0.1, 0.15) is 0 Å². The molecule has 0 aliphatic carbocycles. The van der Waals surface area contributed by atoms with E-state index in [0.717, 1.165) is 22.5 Å². The van der Waals surface area contributed by atoms with Gasteiger partial charge in [-0.25, -0.2) is 0 Å². The van der Waals surface area contributed by atoms with Crippen LogP contribution in [0.3, 0.4) is 0 Å². The van der Waals surface area contributed by atoms with Gasteiger partial charge in [-0.1, -0.05) is 12.1 Å². The van der Waals surface area contributed by atoms with Crippen molar-refractivity contribution in [3.8, 4) is 11.5 Å². The zero-order valence-corrected chi connectivity index (χ0v) is 14.6. The second-order valence-corrected chi connectivity index (χ2v) is 6.32. The number of carbonyl (C=O) groups excluding carboxylic acids is 1. The Morgan fingerprint density at radius 2 is 1.80 bits per heavy atom. The number of amides is 1. The second kappa shape index (κ2) is 5.84. The lowest BCUT2D eigenvalue weighted by molar-refractivity contribution is -0.112. The number of likely N-dealkylation sites (N-methyl/N-ethyl adjacent to an activating group) is 1. The molecule has 0 atom stereocenters. The van der Waals surface area contributed by atoms with Gasteiger partial charge in [0, 0.05) is 43.5 Å². The molecule has 5 heteroatoms. The van der Waals surface area contributed by atoms with Crippen LogP contribution in [0.5, 0.6) is 11.5 Å². The zero-order valence-electron chi connectivity index (χ0n) is 14.6. The first-order valence-corrected chi connectivity index (χ1v) is 8.33. The molecule has 0 saturated heterocycles. The largest absolute Gasteiger partial charge is 0.454 e. The van der Waals surface area contributed by atoms with Gasteiger partial charge in [0.2, 0.25) is 6.79 Å². The van der Waals surface area contributed by atoms with Gasteiger partial charge in [-0.05, 0) is 36.8 Å². The number of carbonyl (C=O) groups is 1. The van der Waals surface area contributed by atoms with Crippen LogP contribution in [0.25, 0.3) is 11.6 Å². The molecular formula is C20H20N2O3. The van der Waals surface area contributed by atoms with Gasteiger partial charge in [-0.15, -0.1) is 0 Å². The highest BCUT2D eigenvalue weighted by Gasteiger charge is 2.34. The number of hydrogen-bond acceptors (Lipinski definition) is 4. The van der Waals surface area contributed by atoms with Crippen molar-refractivity contribution in [3.05, 3.63) is 47.5 Å². The van der Waals surface area contributed by atoms with E-state index in [2.05, 4.69) is 0 Å². The average Bonchev–Trinajstić information content (AvgIpc) is 3.16. The van der Waals surface area contributed by atoms with Crippen molar-refractivity contribution in [3.63, 3.8) is 0 Å². The van der Waals surface area contributed by atoms with Gasteiger partial charge in [0.15, 0.2) is 11.5 Å². The minimum Gasteiger partial charge on any atom is -0.454 e. The Bertz CT molecular complexity index is 869. The average molecular weight is 336 g/mol. The van der Waals surface area contributed by atoms with Crippen LogP contribution >= 0.6 is 0 Å². The Morgan fingerprint density at radius 3 is 2.44 bits per heavy atom. The summed E-state index contributed by atoms with van der Waals surface area (Å²) in [5, 5.41) is 0. The van der Waals surface area contributed by atoms with Gasteiger partial charge in [-0.2, -0.15) is 0 Å². The predicted octanol–water partition coefficient (Wildman–Crippen LogP) is 3.39. The molecule has 2 aliphatic heterocycles. The van der Waals surface area contributed by atoms with Gasteiger partial charge in [0.25, 0.3) is 5.91 Å². The van der Waals surface area contributed by atoms with Crippen molar-refractivity contribution in [2.24, 2.45) is 0 Å². The maximum atomic E-state index is 12.9. The summed E-state index contributed by atoms with van der Waals surface area (Å²) in [6, 6.07) is 11.9. The van der Waals surface area contributed by atoms with Crippen LogP contribution in [0.2, 0.25) is 0 Å². The third-order valence-corrected chi connectivity index (χ3v) is 4.58. The van der Waals surface area contributed by atoms with Crippen LogP contribution in [0.15, 0.2) is 36.4 Å². The minimum absolute atomic E-state index is 0.0119. The summed E-state index contributed by atoms with van der Waals surface area (Å²) in [4.78, 5) is 16.7. The monoisotopic (exact) mass is 336 g/mol. The Labute approximate surface area is 147 Å². The summed E-state index contributed by atoms with van der Waals surface area (Å²) in [6.07, 6.45) is 1.94. The van der Waals surface area contributed by atoms with Crippen LogP contribution in [-0.4, -0.2) is 33.3 Å². The van der Waals surface area contributed by atoms with E-state index in [1.54, 1.807) is 4.90 Å². The van der Waals surface area contributed by atoms with Crippen molar-refractivity contribution in [1.29, 1.82) is 0 Å². The van der Waals surface area contributed by atoms with Crippen LogP contribution in [-0.2, 0) is 4.79 Å². The molecule has 0 bridgehead atoms. The van der Waals surface area contributed by atoms with Crippen LogP contribution in [0, 0.1) is 0 Å². The lowest BCUT2D eigenvalue weighted by Gasteiger charge is -2.14. The van der Waals surface area contributed by atoms with Crippen molar-refractivity contribution < 1.29 is 14.3 Å². The van der Waals surface area contributed by atoms with E-state index in [1.165, 1.54) is 0 Å². The summed E-state index contributed by atoms with van der Waals surface area (Å²) in [6.45, 7) is 2.81. The number of fused-ring (bicyclic) bond motifs is 2. The lowest BCUT2D eigenvalue weighted by atomic mass is 10.0. The summed E-state index contributed by atoms with van der Waals surface area (Å²) < 4.78 is 10.9. The topological polar surface area (TPSA) is 42.0 Å². The smallest absolute Gasteiger partial charge is 0.258 e. The van der Waals surface area contributed by atoms with Crippen molar-refractivity contribution in [2.45, 2.75) is 6.92 Å². The normalized spacial score (nSPS) is 16.5. The molecule has 0 aromatic heterocycles. The summed E-state index contributed by atoms with van der Waals surface area (Å²) in [5.41, 5.74) is 4.59. The Morgan fingerprint density at radius 1 is 1.12 bits per heavy atom. The Hall–Kier alpha value is -2.95. The zero-order chi connectivity index (χ0) is 17.6. The first kappa shape index (κ1) is 15.6. The standard InChI is InChI=1S/C20H20N2O3/c1-4-22-17-11-19-18(24-12-25-19)10-15(17)16(20(22)23)9-13-5-7-14(8-6-13)21(2)3/h5-11H,4,12H2,1-3H3/b16-9-. The minimum atomic E-state index is 0.0119. The van der Waals surface area contributed by atoms with E-state index in [9.17, 15) is 4.79 Å². The number of nitrogens with zero attached hydrogens (tertiary/aromatic N) is 2. The molecule has 25 heavy (non-hydrogen) atoms. The molecule has 0 fully saturated rings. The molecule has 2 aromatic rings. The third kappa shape index (κ3) is 2.52. The van der Waals surface area contributed by atoms with Gasteiger partial charge in [0.05, 0.1) is 5.69 Å². The number of anilines is 2. The van der Waals surface area contributed by atoms with Crippen molar-refractivity contribution in [2.75, 3.05) is 37.2 Å². The molecule has 0 N–H and O–H groups in total. The predicted molar refractivity (Wildman–Crippen MR) is 99.2 cm³/mol. The molecule has 0 spiro atoms. The van der Waals surface area contributed by atoms with E-state index < -0.39 is 0 Å². The van der Waals surface area contributed by atoms with Crippen LogP contribution < -0.4 is 19.3 Å². The maximum absolute atomic E-state index is 12.9. The summed E-state index contributed by atoms with van der Waals surface area (Å²) in [7, 11) is 4.01. The van der Waals surface area contributed by atoms with Gasteiger partial charge in [-0.3, -0.25) is 4.79 Å². The lowest BCUT2D eigenvalue weighted by Crippen LogP contribution is -2.25. The van der Waals surface area contributed by atoms with Crippen LogP contribution in [0.1, 0.15) is 18.1 Å². The molecule has 0 unspecified atom stereocenters. The first-order valence-electron chi connectivity index (χ1n) is 8.33. The molecular weight excluding hydrogens is 316 g/mol. The fraction of sp³-hybridized carbons (Fsp3) is 0.250. The quantitative estimate of drug-likeness (QED) is 0.806. The number of hydrogen-bond donors (Lipinski definition) is 0. The third-order valence-electron chi connectivity index (χ3n) is 4.58. The molecule has 2 aliphatic rings. The fourth-order valence-electron chi connectivity index (χ4n) is 3.23. The summed E-state index contributed by atoms with van der Waals surface area (Å²) in [5.74, 6) is 1.40. The Kier molecular flexibility index (Phi) is 3.64. The van der Waals surface area contributed by atoms with E-state index in [4.69, 9.17) is 9.47 Å². The molecule has 2 aromatic carbocycles. The molecule has 1 amide bonds. The van der Waals surface area contributed by atoms with Gasteiger partial charge >= 0.3 is 0 Å². The highest BCUT2D eigenvalue weighted by molar-refractivity contribution is 6.36. The van der Waals surface area contributed by atoms with Crippen molar-refractivity contribution >= 4 is 28.9 Å². The van der Waals surface area contributed by atoms with E-state index in [1.807, 2.05) is 68.4 Å². The summed E-state index contributed by atoms with van der Waals surface area (Å²) >= 11 is 0. The van der Waals surface area contributed by atoms with Crippen LogP contribution in [0.4, 0.5) is 11.4 Å². The molecule has 0 radical (unpaired) electrons. The molecule has 5 nitrogen and oxygen atoms in total. The molecule has 0 saturated carbocycles. The Balaban J connectivity index is 1.79. The highest BCUT2D eigenvalue weighted by atomic mass is 16.7.